The Balaban J connectivity index is 1.23. The van der Waals surface area contributed by atoms with Crippen molar-refractivity contribution in [1.29, 1.82) is 0 Å². The highest BCUT2D eigenvalue weighted by molar-refractivity contribution is 5.62. The number of alkyl halides is 3. The lowest BCUT2D eigenvalue weighted by molar-refractivity contribution is -0.137. The number of tetrazole rings is 1. The van der Waals surface area contributed by atoms with Crippen molar-refractivity contribution in [2.75, 3.05) is 13.1 Å². The normalized spacial score (nSPS) is 31.3. The molecule has 2 saturated carbocycles. The topological polar surface area (TPSA) is 78.5 Å². The average molecular weight is 449 g/mol. The highest BCUT2D eigenvalue weighted by Crippen LogP contribution is 2.41. The summed E-state index contributed by atoms with van der Waals surface area (Å²) in [5, 5.41) is 21.3. The number of H-pyrrole nitrogens is 1. The lowest BCUT2D eigenvalue weighted by Gasteiger charge is -2.42. The van der Waals surface area contributed by atoms with Crippen molar-refractivity contribution in [2.45, 2.75) is 75.5 Å². The van der Waals surface area contributed by atoms with Crippen LogP contribution in [-0.2, 0) is 6.18 Å². The number of nitrogens with one attached hydrogen (secondary N) is 3. The number of nitrogens with zero attached hydrogens (tertiary/aromatic N) is 3. The molecule has 1 aromatic heterocycles. The molecule has 3 N–H and O–H groups in total. The van der Waals surface area contributed by atoms with Crippen molar-refractivity contribution >= 4 is 0 Å². The van der Waals surface area contributed by atoms with E-state index in [2.05, 4.69) is 31.3 Å². The molecular weight excluding hydrogens is 417 g/mol. The summed E-state index contributed by atoms with van der Waals surface area (Å²) in [4.78, 5) is 0. The number of rotatable bonds is 4. The number of piperidine rings is 1. The highest BCUT2D eigenvalue weighted by atomic mass is 19.4. The minimum atomic E-state index is -4.40. The quantitative estimate of drug-likeness (QED) is 0.651. The van der Waals surface area contributed by atoms with Gasteiger partial charge >= 0.3 is 6.18 Å². The van der Waals surface area contributed by atoms with E-state index >= 15 is 0 Å². The molecule has 1 saturated heterocycles. The van der Waals surface area contributed by atoms with E-state index < -0.39 is 11.7 Å². The third-order valence-electron chi connectivity index (χ3n) is 7.84. The van der Waals surface area contributed by atoms with Crippen LogP contribution in [0, 0.1) is 11.8 Å². The van der Waals surface area contributed by atoms with Gasteiger partial charge in [-0.05, 0) is 105 Å². The standard InChI is InChI=1S/C23H31F3N6/c24-23(25,26)17-4-8-20(21(12-17)22-29-31-32-30-22)14-1-5-18(6-2-14)28-19-7-3-16-13-27-10-9-15(16)11-19/h4,8,12,14-16,18-19,27-28H,1-3,5-7,9-11,13H2,(H,29,30,31,32)/t14?,15-,16+,18?,19?/m0/s1. The number of aromatic amines is 1. The molecule has 9 heteroatoms. The Labute approximate surface area is 186 Å². The van der Waals surface area contributed by atoms with E-state index in [0.717, 1.165) is 49.6 Å². The van der Waals surface area contributed by atoms with Crippen molar-refractivity contribution in [3.63, 3.8) is 0 Å². The van der Waals surface area contributed by atoms with Crippen molar-refractivity contribution in [3.8, 4) is 11.4 Å². The van der Waals surface area contributed by atoms with Crippen LogP contribution in [0.2, 0.25) is 0 Å². The van der Waals surface area contributed by atoms with Gasteiger partial charge in [-0.3, -0.25) is 0 Å². The van der Waals surface area contributed by atoms with Crippen molar-refractivity contribution in [1.82, 2.24) is 31.3 Å². The summed E-state index contributed by atoms with van der Waals surface area (Å²) in [6, 6.07) is 5.07. The largest absolute Gasteiger partial charge is 0.416 e. The Bertz CT molecular complexity index is 892. The summed E-state index contributed by atoms with van der Waals surface area (Å²) in [5.41, 5.74) is 0.659. The lowest BCUT2D eigenvalue weighted by Crippen LogP contribution is -2.48. The van der Waals surface area contributed by atoms with Gasteiger partial charge in [0.05, 0.1) is 5.56 Å². The van der Waals surface area contributed by atoms with Crippen LogP contribution < -0.4 is 10.6 Å². The second-order valence-corrected chi connectivity index (χ2v) is 9.77. The Morgan fingerprint density at radius 2 is 1.75 bits per heavy atom. The molecule has 3 fully saturated rings. The molecule has 0 amide bonds. The van der Waals surface area contributed by atoms with Crippen molar-refractivity contribution < 1.29 is 13.2 Å². The van der Waals surface area contributed by atoms with E-state index in [4.69, 9.17) is 0 Å². The van der Waals surface area contributed by atoms with Gasteiger partial charge in [0.1, 0.15) is 0 Å². The number of hydrogen-bond donors (Lipinski definition) is 3. The van der Waals surface area contributed by atoms with Crippen LogP contribution in [-0.4, -0.2) is 45.8 Å². The highest BCUT2D eigenvalue weighted by Gasteiger charge is 2.35. The molecule has 2 heterocycles. The SMILES string of the molecule is FC(F)(F)c1ccc(C2CCC(NC3CC[C@@H]4CNCC[C@H]4C3)CC2)c(-c2nn[nH]n2)c1. The van der Waals surface area contributed by atoms with Gasteiger partial charge in [-0.1, -0.05) is 6.07 Å². The first-order chi connectivity index (χ1) is 15.5. The fourth-order valence-electron chi connectivity index (χ4n) is 6.14. The zero-order valence-electron chi connectivity index (χ0n) is 18.2. The van der Waals surface area contributed by atoms with Gasteiger partial charge in [-0.15, -0.1) is 10.2 Å². The third kappa shape index (κ3) is 4.69. The molecule has 2 aliphatic carbocycles. The maximum absolute atomic E-state index is 13.3. The maximum atomic E-state index is 13.3. The van der Waals surface area contributed by atoms with Crippen LogP contribution >= 0.6 is 0 Å². The predicted octanol–water partition coefficient (Wildman–Crippen LogP) is 4.28. The minimum Gasteiger partial charge on any atom is -0.316 e. The Kier molecular flexibility index (Phi) is 6.20. The van der Waals surface area contributed by atoms with Gasteiger partial charge in [-0.2, -0.15) is 18.4 Å². The van der Waals surface area contributed by atoms with Gasteiger partial charge in [0.25, 0.3) is 0 Å². The number of halogens is 3. The average Bonchev–Trinajstić information content (AvgIpc) is 3.33. The molecule has 0 radical (unpaired) electrons. The first-order valence-corrected chi connectivity index (χ1v) is 11.9. The van der Waals surface area contributed by atoms with Gasteiger partial charge in [-0.25, -0.2) is 0 Å². The molecule has 5 rings (SSSR count). The third-order valence-corrected chi connectivity index (χ3v) is 7.84. The molecule has 1 aliphatic heterocycles. The fourth-order valence-corrected chi connectivity index (χ4v) is 6.14. The predicted molar refractivity (Wildman–Crippen MR) is 115 cm³/mol. The maximum Gasteiger partial charge on any atom is 0.416 e. The first-order valence-electron chi connectivity index (χ1n) is 11.9. The number of aromatic nitrogens is 4. The Morgan fingerprint density at radius 3 is 2.50 bits per heavy atom. The Hall–Kier alpha value is -2.00. The van der Waals surface area contributed by atoms with E-state index in [1.807, 2.05) is 0 Å². The van der Waals surface area contributed by atoms with Gasteiger partial charge in [0, 0.05) is 17.6 Å². The molecule has 1 aromatic carbocycles. The van der Waals surface area contributed by atoms with Gasteiger partial charge in [0.2, 0.25) is 5.82 Å². The molecule has 1 unspecified atom stereocenters. The summed E-state index contributed by atoms with van der Waals surface area (Å²) in [6.45, 7) is 2.33. The van der Waals surface area contributed by atoms with Crippen LogP contribution in [0.3, 0.4) is 0 Å². The minimum absolute atomic E-state index is 0.212. The van der Waals surface area contributed by atoms with Gasteiger partial charge in [0.15, 0.2) is 0 Å². The molecule has 32 heavy (non-hydrogen) atoms. The number of benzene rings is 1. The molecule has 0 bridgehead atoms. The molecule has 3 aliphatic rings. The molecule has 174 valence electrons. The van der Waals surface area contributed by atoms with Crippen LogP contribution in [0.15, 0.2) is 18.2 Å². The number of hydrogen-bond acceptors (Lipinski definition) is 5. The van der Waals surface area contributed by atoms with Crippen LogP contribution in [0.25, 0.3) is 11.4 Å². The van der Waals surface area contributed by atoms with E-state index in [0.29, 0.717) is 17.6 Å². The zero-order chi connectivity index (χ0) is 22.1. The fraction of sp³-hybridized carbons (Fsp3) is 0.696. The number of fused-ring (bicyclic) bond motifs is 1. The molecular formula is C23H31F3N6. The Morgan fingerprint density at radius 1 is 0.938 bits per heavy atom. The van der Waals surface area contributed by atoms with Crippen molar-refractivity contribution in [2.24, 2.45) is 11.8 Å². The molecule has 3 atom stereocenters. The second-order valence-electron chi connectivity index (χ2n) is 9.77. The van der Waals surface area contributed by atoms with E-state index in [1.165, 1.54) is 44.4 Å². The van der Waals surface area contributed by atoms with Crippen LogP contribution in [0.1, 0.15) is 68.4 Å². The summed E-state index contributed by atoms with van der Waals surface area (Å²) < 4.78 is 39.9. The van der Waals surface area contributed by atoms with E-state index in [1.54, 1.807) is 6.07 Å². The van der Waals surface area contributed by atoms with Crippen molar-refractivity contribution in [3.05, 3.63) is 29.3 Å². The van der Waals surface area contributed by atoms with Gasteiger partial charge < -0.3 is 10.6 Å². The van der Waals surface area contributed by atoms with E-state index in [-0.39, 0.29) is 11.7 Å². The molecule has 6 nitrogen and oxygen atoms in total. The van der Waals surface area contributed by atoms with Crippen LogP contribution in [0.4, 0.5) is 13.2 Å². The van der Waals surface area contributed by atoms with E-state index in [9.17, 15) is 13.2 Å². The summed E-state index contributed by atoms with van der Waals surface area (Å²) in [6.07, 6.45) is 4.75. The first kappa shape index (κ1) is 21.8. The molecule has 2 aromatic rings. The monoisotopic (exact) mass is 448 g/mol. The smallest absolute Gasteiger partial charge is 0.316 e. The summed E-state index contributed by atoms with van der Waals surface area (Å²) >= 11 is 0. The zero-order valence-corrected chi connectivity index (χ0v) is 18.2. The summed E-state index contributed by atoms with van der Waals surface area (Å²) in [7, 11) is 0. The molecule has 0 spiro atoms. The lowest BCUT2D eigenvalue weighted by atomic mass is 9.73. The van der Waals surface area contributed by atoms with Crippen LogP contribution in [0.5, 0.6) is 0 Å². The second kappa shape index (κ2) is 9.09. The summed E-state index contributed by atoms with van der Waals surface area (Å²) in [5.74, 6) is 2.14.